The maximum atomic E-state index is 5.44. The van der Waals surface area contributed by atoms with Gasteiger partial charge in [0.2, 0.25) is 0 Å². The highest BCUT2D eigenvalue weighted by atomic mass is 32.1. The molecule has 2 N–H and O–H groups in total. The van der Waals surface area contributed by atoms with Gasteiger partial charge in [-0.05, 0) is 75.2 Å². The highest BCUT2D eigenvalue weighted by Gasteiger charge is 2.12. The van der Waals surface area contributed by atoms with Gasteiger partial charge in [0.15, 0.2) is 5.11 Å². The number of aryl methyl sites for hydroxylation is 1. The first-order chi connectivity index (χ1) is 12.1. The average Bonchev–Trinajstić information content (AvgIpc) is 2.64. The molecule has 0 bridgehead atoms. The third-order valence-corrected chi connectivity index (χ3v) is 4.99. The summed E-state index contributed by atoms with van der Waals surface area (Å²) >= 11 is 5.44. The summed E-state index contributed by atoms with van der Waals surface area (Å²) in [6.45, 7) is 6.57. The number of anilines is 2. The van der Waals surface area contributed by atoms with E-state index in [1.807, 2.05) is 12.1 Å². The van der Waals surface area contributed by atoms with Crippen molar-refractivity contribution >= 4 is 28.7 Å². The topological polar surface area (TPSA) is 27.3 Å². The van der Waals surface area contributed by atoms with Crippen LogP contribution in [0.5, 0.6) is 0 Å². The fourth-order valence-electron chi connectivity index (χ4n) is 3.21. The van der Waals surface area contributed by atoms with E-state index in [1.165, 1.54) is 49.2 Å². The molecule has 1 atom stereocenters. The van der Waals surface area contributed by atoms with Crippen molar-refractivity contribution in [3.8, 4) is 0 Å². The number of thiocarbonyl (C=S) groups is 1. The van der Waals surface area contributed by atoms with E-state index in [0.717, 1.165) is 5.69 Å². The molecule has 0 spiro atoms. The molecular weight excluding hydrogens is 326 g/mol. The molecule has 2 aromatic rings. The second-order valence-electron chi connectivity index (χ2n) is 6.83. The van der Waals surface area contributed by atoms with E-state index >= 15 is 0 Å². The fourth-order valence-corrected chi connectivity index (χ4v) is 3.50. The maximum absolute atomic E-state index is 5.44. The molecule has 1 fully saturated rings. The van der Waals surface area contributed by atoms with Gasteiger partial charge in [-0.3, -0.25) is 0 Å². The van der Waals surface area contributed by atoms with Crippen molar-refractivity contribution in [2.24, 2.45) is 0 Å². The summed E-state index contributed by atoms with van der Waals surface area (Å²) in [5, 5.41) is 7.26. The second kappa shape index (κ2) is 8.34. The summed E-state index contributed by atoms with van der Waals surface area (Å²) in [7, 11) is 0. The van der Waals surface area contributed by atoms with Crippen LogP contribution in [0, 0.1) is 6.92 Å². The molecule has 0 aromatic heterocycles. The Bertz CT molecular complexity index is 688. The van der Waals surface area contributed by atoms with Gasteiger partial charge in [-0.25, -0.2) is 0 Å². The van der Waals surface area contributed by atoms with Gasteiger partial charge in [-0.15, -0.1) is 0 Å². The monoisotopic (exact) mass is 353 g/mol. The third-order valence-electron chi connectivity index (χ3n) is 4.77. The summed E-state index contributed by atoms with van der Waals surface area (Å²) in [4.78, 5) is 2.48. The van der Waals surface area contributed by atoms with Gasteiger partial charge in [0.1, 0.15) is 0 Å². The van der Waals surface area contributed by atoms with E-state index in [9.17, 15) is 0 Å². The van der Waals surface area contributed by atoms with Gasteiger partial charge in [0.05, 0.1) is 6.04 Å². The average molecular weight is 354 g/mol. The Kier molecular flexibility index (Phi) is 5.92. The Morgan fingerprint density at radius 1 is 0.960 bits per heavy atom. The first-order valence-electron chi connectivity index (χ1n) is 9.11. The molecule has 3 nitrogen and oxygen atoms in total. The number of rotatable bonds is 4. The molecule has 0 aliphatic carbocycles. The number of nitrogens with zero attached hydrogens (tertiary/aromatic N) is 1. The van der Waals surface area contributed by atoms with Crippen molar-refractivity contribution in [3.05, 3.63) is 59.7 Å². The van der Waals surface area contributed by atoms with Crippen LogP contribution in [0.2, 0.25) is 0 Å². The van der Waals surface area contributed by atoms with Crippen LogP contribution in [0.1, 0.15) is 43.4 Å². The summed E-state index contributed by atoms with van der Waals surface area (Å²) < 4.78 is 0. The van der Waals surface area contributed by atoms with Gasteiger partial charge in [0, 0.05) is 24.5 Å². The first kappa shape index (κ1) is 17.7. The molecular formula is C21H27N3S. The molecule has 132 valence electrons. The van der Waals surface area contributed by atoms with Crippen molar-refractivity contribution in [2.45, 2.75) is 39.2 Å². The van der Waals surface area contributed by atoms with E-state index in [1.54, 1.807) is 0 Å². The zero-order valence-corrected chi connectivity index (χ0v) is 15.9. The molecule has 1 heterocycles. The highest BCUT2D eigenvalue weighted by molar-refractivity contribution is 7.80. The second-order valence-corrected chi connectivity index (χ2v) is 7.23. The van der Waals surface area contributed by atoms with E-state index in [-0.39, 0.29) is 6.04 Å². The lowest BCUT2D eigenvalue weighted by atomic mass is 10.1. The largest absolute Gasteiger partial charge is 0.372 e. The van der Waals surface area contributed by atoms with E-state index in [4.69, 9.17) is 12.2 Å². The van der Waals surface area contributed by atoms with Crippen LogP contribution < -0.4 is 15.5 Å². The Hall–Kier alpha value is -2.07. The van der Waals surface area contributed by atoms with Crippen LogP contribution in [-0.2, 0) is 0 Å². The first-order valence-corrected chi connectivity index (χ1v) is 9.52. The lowest BCUT2D eigenvalue weighted by Gasteiger charge is -2.29. The number of nitrogens with one attached hydrogen (secondary N) is 2. The quantitative estimate of drug-likeness (QED) is 0.754. The molecule has 1 aliphatic heterocycles. The molecule has 25 heavy (non-hydrogen) atoms. The minimum Gasteiger partial charge on any atom is -0.372 e. The molecule has 0 unspecified atom stereocenters. The molecule has 0 radical (unpaired) electrons. The van der Waals surface area contributed by atoms with Gasteiger partial charge in [0.25, 0.3) is 0 Å². The van der Waals surface area contributed by atoms with Crippen molar-refractivity contribution in [2.75, 3.05) is 23.3 Å². The lowest BCUT2D eigenvalue weighted by molar-refractivity contribution is 0.577. The Morgan fingerprint density at radius 2 is 1.60 bits per heavy atom. The Balaban J connectivity index is 1.55. The molecule has 1 aliphatic rings. The van der Waals surface area contributed by atoms with E-state index < -0.39 is 0 Å². The van der Waals surface area contributed by atoms with Crippen molar-refractivity contribution in [3.63, 3.8) is 0 Å². The number of piperidine rings is 1. The van der Waals surface area contributed by atoms with Crippen LogP contribution in [0.4, 0.5) is 11.4 Å². The summed E-state index contributed by atoms with van der Waals surface area (Å²) in [5.74, 6) is 0. The maximum Gasteiger partial charge on any atom is 0.171 e. The van der Waals surface area contributed by atoms with Gasteiger partial charge in [-0.2, -0.15) is 0 Å². The van der Waals surface area contributed by atoms with Gasteiger partial charge < -0.3 is 15.5 Å². The summed E-state index contributed by atoms with van der Waals surface area (Å²) in [5.41, 5.74) is 4.83. The van der Waals surface area contributed by atoms with Crippen LogP contribution in [0.25, 0.3) is 0 Å². The normalized spacial score (nSPS) is 15.5. The third kappa shape index (κ3) is 4.95. The molecule has 1 saturated heterocycles. The van der Waals surface area contributed by atoms with Crippen molar-refractivity contribution in [1.82, 2.24) is 5.32 Å². The lowest BCUT2D eigenvalue weighted by Crippen LogP contribution is -2.31. The number of benzene rings is 2. The fraction of sp³-hybridized carbons (Fsp3) is 0.381. The van der Waals surface area contributed by atoms with E-state index in [2.05, 4.69) is 65.8 Å². The molecule has 0 saturated carbocycles. The molecule has 2 aromatic carbocycles. The predicted octanol–water partition coefficient (Wildman–Crippen LogP) is 5.03. The standard InChI is InChI=1S/C21H27N3S/c1-16-6-10-19(11-7-16)23-21(25)22-17(2)18-8-12-20(13-9-18)24-14-4-3-5-15-24/h6-13,17H,3-5,14-15H2,1-2H3,(H2,22,23,25)/t17-/m0/s1. The van der Waals surface area contributed by atoms with Crippen molar-refractivity contribution in [1.29, 1.82) is 0 Å². The molecule has 3 rings (SSSR count). The zero-order valence-electron chi connectivity index (χ0n) is 15.1. The minimum atomic E-state index is 0.167. The SMILES string of the molecule is Cc1ccc(NC(=S)N[C@@H](C)c2ccc(N3CCCCC3)cc2)cc1. The number of hydrogen-bond acceptors (Lipinski definition) is 2. The smallest absolute Gasteiger partial charge is 0.171 e. The molecule has 0 amide bonds. The van der Waals surface area contributed by atoms with Crippen molar-refractivity contribution < 1.29 is 0 Å². The zero-order chi connectivity index (χ0) is 17.6. The van der Waals surface area contributed by atoms with Crippen LogP contribution >= 0.6 is 12.2 Å². The summed E-state index contributed by atoms with van der Waals surface area (Å²) in [6, 6.07) is 17.3. The highest BCUT2D eigenvalue weighted by Crippen LogP contribution is 2.22. The van der Waals surface area contributed by atoms with Gasteiger partial charge >= 0.3 is 0 Å². The van der Waals surface area contributed by atoms with E-state index in [0.29, 0.717) is 5.11 Å². The Morgan fingerprint density at radius 3 is 2.24 bits per heavy atom. The summed E-state index contributed by atoms with van der Waals surface area (Å²) in [6.07, 6.45) is 3.97. The molecule has 4 heteroatoms. The Labute approximate surface area is 156 Å². The predicted molar refractivity (Wildman–Crippen MR) is 111 cm³/mol. The van der Waals surface area contributed by atoms with Gasteiger partial charge in [-0.1, -0.05) is 29.8 Å². The van der Waals surface area contributed by atoms with Crippen LogP contribution in [0.3, 0.4) is 0 Å². The number of hydrogen-bond donors (Lipinski definition) is 2. The van der Waals surface area contributed by atoms with Crippen LogP contribution in [-0.4, -0.2) is 18.2 Å². The van der Waals surface area contributed by atoms with Crippen LogP contribution in [0.15, 0.2) is 48.5 Å². The minimum absolute atomic E-state index is 0.167.